The standard InChI is InChI=1S/C13H16N4O2/c1-4-10-6-9(13(18)19)7-11(14-10)15-12-5-8(2)17(3)16-12/h5-7H,4H2,1-3H3,(H,18,19)(H,14,15,16). The van der Waals surface area contributed by atoms with Crippen molar-refractivity contribution in [1.29, 1.82) is 0 Å². The van der Waals surface area contributed by atoms with E-state index >= 15 is 0 Å². The van der Waals surface area contributed by atoms with Crippen molar-refractivity contribution in [3.05, 3.63) is 35.2 Å². The third kappa shape index (κ3) is 2.90. The molecule has 0 bridgehead atoms. The number of nitrogens with one attached hydrogen (secondary N) is 1. The van der Waals surface area contributed by atoms with E-state index in [0.717, 1.165) is 11.4 Å². The van der Waals surface area contributed by atoms with Crippen LogP contribution < -0.4 is 5.32 Å². The topological polar surface area (TPSA) is 80.0 Å². The van der Waals surface area contributed by atoms with Gasteiger partial charge >= 0.3 is 5.97 Å². The number of aromatic nitrogens is 3. The molecule has 19 heavy (non-hydrogen) atoms. The van der Waals surface area contributed by atoms with E-state index in [2.05, 4.69) is 15.4 Å². The molecule has 0 atom stereocenters. The van der Waals surface area contributed by atoms with Crippen LogP contribution in [0.1, 0.15) is 28.7 Å². The van der Waals surface area contributed by atoms with Gasteiger partial charge in [0.1, 0.15) is 5.82 Å². The SMILES string of the molecule is CCc1cc(C(=O)O)cc(Nc2cc(C)n(C)n2)n1. The van der Waals surface area contributed by atoms with Gasteiger partial charge in [0.15, 0.2) is 5.82 Å². The van der Waals surface area contributed by atoms with E-state index < -0.39 is 5.97 Å². The van der Waals surface area contributed by atoms with Crippen molar-refractivity contribution in [2.45, 2.75) is 20.3 Å². The van der Waals surface area contributed by atoms with Crippen LogP contribution in [0, 0.1) is 6.92 Å². The number of aryl methyl sites for hydroxylation is 3. The van der Waals surface area contributed by atoms with Crippen molar-refractivity contribution >= 4 is 17.6 Å². The van der Waals surface area contributed by atoms with Crippen molar-refractivity contribution in [1.82, 2.24) is 14.8 Å². The zero-order valence-corrected chi connectivity index (χ0v) is 11.1. The zero-order valence-electron chi connectivity index (χ0n) is 11.1. The van der Waals surface area contributed by atoms with Crippen LogP contribution in [0.3, 0.4) is 0 Å². The Bertz CT molecular complexity index is 600. The summed E-state index contributed by atoms with van der Waals surface area (Å²) in [5.41, 5.74) is 1.96. The molecule has 2 aromatic heterocycles. The smallest absolute Gasteiger partial charge is 0.335 e. The molecule has 0 unspecified atom stereocenters. The molecule has 0 radical (unpaired) electrons. The largest absolute Gasteiger partial charge is 0.478 e. The van der Waals surface area contributed by atoms with Crippen LogP contribution in [0.15, 0.2) is 18.2 Å². The van der Waals surface area contributed by atoms with Gasteiger partial charge in [-0.3, -0.25) is 4.68 Å². The average Bonchev–Trinajstić information content (AvgIpc) is 2.67. The summed E-state index contributed by atoms with van der Waals surface area (Å²) in [5.74, 6) is 0.185. The highest BCUT2D eigenvalue weighted by Crippen LogP contribution is 2.17. The van der Waals surface area contributed by atoms with Gasteiger partial charge in [0.2, 0.25) is 0 Å². The molecule has 0 saturated heterocycles. The Morgan fingerprint density at radius 2 is 2.11 bits per heavy atom. The zero-order chi connectivity index (χ0) is 14.0. The van der Waals surface area contributed by atoms with Gasteiger partial charge in [0.25, 0.3) is 0 Å². The molecule has 6 heteroatoms. The van der Waals surface area contributed by atoms with Crippen LogP contribution in [-0.4, -0.2) is 25.8 Å². The van der Waals surface area contributed by atoms with Gasteiger partial charge in [-0.1, -0.05) is 6.92 Å². The van der Waals surface area contributed by atoms with E-state index in [0.29, 0.717) is 18.1 Å². The van der Waals surface area contributed by atoms with E-state index in [4.69, 9.17) is 5.11 Å². The molecule has 2 N–H and O–H groups in total. The quantitative estimate of drug-likeness (QED) is 0.880. The Kier molecular flexibility index (Phi) is 3.50. The third-order valence-corrected chi connectivity index (χ3v) is 2.86. The number of rotatable bonds is 4. The lowest BCUT2D eigenvalue weighted by Gasteiger charge is -2.06. The van der Waals surface area contributed by atoms with Gasteiger partial charge in [-0.2, -0.15) is 5.10 Å². The Morgan fingerprint density at radius 1 is 1.37 bits per heavy atom. The molecule has 2 heterocycles. The monoisotopic (exact) mass is 260 g/mol. The van der Waals surface area contributed by atoms with Gasteiger partial charge < -0.3 is 10.4 Å². The maximum Gasteiger partial charge on any atom is 0.335 e. The first-order chi connectivity index (χ1) is 8.99. The molecular formula is C13H16N4O2. The fourth-order valence-corrected chi connectivity index (χ4v) is 1.71. The molecule has 0 saturated carbocycles. The third-order valence-electron chi connectivity index (χ3n) is 2.86. The molecule has 0 amide bonds. The maximum absolute atomic E-state index is 11.1. The fourth-order valence-electron chi connectivity index (χ4n) is 1.71. The van der Waals surface area contributed by atoms with Crippen LogP contribution in [0.25, 0.3) is 0 Å². The summed E-state index contributed by atoms with van der Waals surface area (Å²) in [5, 5.41) is 16.4. The lowest BCUT2D eigenvalue weighted by molar-refractivity contribution is 0.0696. The van der Waals surface area contributed by atoms with Gasteiger partial charge in [0, 0.05) is 24.5 Å². The summed E-state index contributed by atoms with van der Waals surface area (Å²) >= 11 is 0. The Hall–Kier alpha value is -2.37. The van der Waals surface area contributed by atoms with Gasteiger partial charge in [-0.15, -0.1) is 0 Å². The number of carbonyl (C=O) groups is 1. The number of hydrogen-bond donors (Lipinski definition) is 2. The van der Waals surface area contributed by atoms with Crippen molar-refractivity contribution in [2.24, 2.45) is 7.05 Å². The summed E-state index contributed by atoms with van der Waals surface area (Å²) in [4.78, 5) is 15.4. The van der Waals surface area contributed by atoms with Crippen molar-refractivity contribution < 1.29 is 9.90 Å². The predicted molar refractivity (Wildman–Crippen MR) is 71.8 cm³/mol. The van der Waals surface area contributed by atoms with Crippen LogP contribution in [0.2, 0.25) is 0 Å². The van der Waals surface area contributed by atoms with Crippen molar-refractivity contribution in [3.63, 3.8) is 0 Å². The summed E-state index contributed by atoms with van der Waals surface area (Å²) in [6, 6.07) is 4.96. The Labute approximate surface area is 111 Å². The molecule has 0 aliphatic rings. The number of hydrogen-bond acceptors (Lipinski definition) is 4. The first kappa shape index (κ1) is 13.1. The Morgan fingerprint density at radius 3 is 2.63 bits per heavy atom. The second kappa shape index (κ2) is 5.09. The van der Waals surface area contributed by atoms with E-state index in [1.54, 1.807) is 10.7 Å². The molecule has 0 spiro atoms. The second-order valence-corrected chi connectivity index (χ2v) is 4.31. The number of carboxylic acids is 1. The minimum absolute atomic E-state index is 0.224. The highest BCUT2D eigenvalue weighted by Gasteiger charge is 2.09. The molecule has 0 aromatic carbocycles. The van der Waals surface area contributed by atoms with Crippen molar-refractivity contribution in [2.75, 3.05) is 5.32 Å². The van der Waals surface area contributed by atoms with E-state index in [9.17, 15) is 4.79 Å². The summed E-state index contributed by atoms with van der Waals surface area (Å²) in [6.07, 6.45) is 0.678. The number of carboxylic acid groups (broad SMARTS) is 1. The normalized spacial score (nSPS) is 10.5. The van der Waals surface area contributed by atoms with Crippen LogP contribution in [-0.2, 0) is 13.5 Å². The van der Waals surface area contributed by atoms with Gasteiger partial charge in [-0.25, -0.2) is 9.78 Å². The molecule has 0 aliphatic heterocycles. The number of pyridine rings is 1. The summed E-state index contributed by atoms with van der Waals surface area (Å²) < 4.78 is 1.74. The van der Waals surface area contributed by atoms with Gasteiger partial charge in [-0.05, 0) is 25.5 Å². The lowest BCUT2D eigenvalue weighted by Crippen LogP contribution is -2.03. The second-order valence-electron chi connectivity index (χ2n) is 4.31. The number of aromatic carboxylic acids is 1. The predicted octanol–water partition coefficient (Wildman–Crippen LogP) is 2.13. The summed E-state index contributed by atoms with van der Waals surface area (Å²) in [7, 11) is 1.85. The number of nitrogens with zero attached hydrogens (tertiary/aromatic N) is 3. The van der Waals surface area contributed by atoms with Crippen LogP contribution in [0.5, 0.6) is 0 Å². The number of anilines is 2. The fraction of sp³-hybridized carbons (Fsp3) is 0.308. The average molecular weight is 260 g/mol. The molecular weight excluding hydrogens is 244 g/mol. The maximum atomic E-state index is 11.1. The highest BCUT2D eigenvalue weighted by atomic mass is 16.4. The molecule has 0 fully saturated rings. The lowest BCUT2D eigenvalue weighted by atomic mass is 10.2. The first-order valence-electron chi connectivity index (χ1n) is 6.01. The van der Waals surface area contributed by atoms with E-state index in [1.807, 2.05) is 27.0 Å². The summed E-state index contributed by atoms with van der Waals surface area (Å²) in [6.45, 7) is 3.87. The minimum Gasteiger partial charge on any atom is -0.478 e. The highest BCUT2D eigenvalue weighted by molar-refractivity contribution is 5.88. The molecule has 2 rings (SSSR count). The van der Waals surface area contributed by atoms with E-state index in [-0.39, 0.29) is 5.56 Å². The molecule has 2 aromatic rings. The Balaban J connectivity index is 2.33. The molecule has 0 aliphatic carbocycles. The minimum atomic E-state index is -0.961. The van der Waals surface area contributed by atoms with Crippen molar-refractivity contribution in [3.8, 4) is 0 Å². The van der Waals surface area contributed by atoms with Crippen LogP contribution >= 0.6 is 0 Å². The molecule has 6 nitrogen and oxygen atoms in total. The van der Waals surface area contributed by atoms with E-state index in [1.165, 1.54) is 6.07 Å². The van der Waals surface area contributed by atoms with Crippen LogP contribution in [0.4, 0.5) is 11.6 Å². The molecule has 100 valence electrons. The first-order valence-corrected chi connectivity index (χ1v) is 6.01. The van der Waals surface area contributed by atoms with Gasteiger partial charge in [0.05, 0.1) is 5.56 Å².